The molecule has 4 nitrogen and oxygen atoms in total. The summed E-state index contributed by atoms with van der Waals surface area (Å²) in [5, 5.41) is 4.09. The summed E-state index contributed by atoms with van der Waals surface area (Å²) in [5.74, 6) is 0.669. The van der Waals surface area contributed by atoms with E-state index in [0.29, 0.717) is 19.1 Å². The van der Waals surface area contributed by atoms with Gasteiger partial charge in [-0.3, -0.25) is 4.90 Å². The minimum absolute atomic E-state index is 0. The Kier molecular flexibility index (Phi) is 3.96. The Morgan fingerprint density at radius 2 is 2.46 bits per heavy atom. The quantitative estimate of drug-likeness (QED) is 0.524. The third-order valence-electron chi connectivity index (χ3n) is 2.52. The molecule has 2 aliphatic heterocycles. The van der Waals surface area contributed by atoms with E-state index in [9.17, 15) is 0 Å². The molecule has 2 heterocycles. The smallest absolute Gasteiger partial charge is 0.129 e. The number of piperidine rings is 1. The molecular formula is C8H16ClN3O. The van der Waals surface area contributed by atoms with E-state index in [2.05, 4.69) is 10.1 Å². The molecule has 2 rings (SSSR count). The molecule has 76 valence electrons. The van der Waals surface area contributed by atoms with Crippen LogP contribution in [0, 0.1) is 5.92 Å². The Hall–Kier alpha value is -0.320. The van der Waals surface area contributed by atoms with Crippen LogP contribution in [0.2, 0.25) is 0 Å². The van der Waals surface area contributed by atoms with E-state index in [1.807, 2.05) is 0 Å². The van der Waals surface area contributed by atoms with E-state index in [1.165, 1.54) is 25.2 Å². The maximum atomic E-state index is 5.28. The Morgan fingerprint density at radius 1 is 1.62 bits per heavy atom. The summed E-state index contributed by atoms with van der Waals surface area (Å²) in [7, 11) is 0. The maximum Gasteiger partial charge on any atom is 0.129 e. The second-order valence-corrected chi connectivity index (χ2v) is 3.43. The van der Waals surface area contributed by atoms with Crippen molar-refractivity contribution in [2.45, 2.75) is 6.42 Å². The number of hydrogen-bond donors (Lipinski definition) is 1. The molecule has 13 heavy (non-hydrogen) atoms. The van der Waals surface area contributed by atoms with Crippen molar-refractivity contribution in [1.82, 2.24) is 4.90 Å². The zero-order chi connectivity index (χ0) is 8.39. The SMILES string of the molecule is Cl.NCCON=C1CN2CCC1C2. The molecule has 0 radical (unpaired) electrons. The van der Waals surface area contributed by atoms with Gasteiger partial charge in [0.2, 0.25) is 0 Å². The lowest BCUT2D eigenvalue weighted by Crippen LogP contribution is -2.23. The Labute approximate surface area is 84.5 Å². The van der Waals surface area contributed by atoms with Crippen molar-refractivity contribution in [3.8, 4) is 0 Å². The molecule has 0 spiro atoms. The zero-order valence-electron chi connectivity index (χ0n) is 7.61. The lowest BCUT2D eigenvalue weighted by atomic mass is 10.0. The van der Waals surface area contributed by atoms with Crippen molar-refractivity contribution >= 4 is 18.1 Å². The Balaban J connectivity index is 0.000000845. The number of nitrogens with zero attached hydrogens (tertiary/aromatic N) is 2. The molecule has 0 aromatic rings. The standard InChI is InChI=1S/C8H15N3O.ClH/c9-2-4-12-10-8-6-11-3-1-7(8)5-11;/h7H,1-6,9H2;1H. The molecule has 2 bridgehead atoms. The molecule has 0 saturated carbocycles. The van der Waals surface area contributed by atoms with Gasteiger partial charge in [-0.1, -0.05) is 5.16 Å². The van der Waals surface area contributed by atoms with E-state index in [4.69, 9.17) is 10.6 Å². The third kappa shape index (κ3) is 2.33. The van der Waals surface area contributed by atoms with E-state index in [-0.39, 0.29) is 12.4 Å². The van der Waals surface area contributed by atoms with Gasteiger partial charge in [-0.05, 0) is 13.0 Å². The predicted molar refractivity (Wildman–Crippen MR) is 54.2 cm³/mol. The molecule has 0 aromatic carbocycles. The minimum atomic E-state index is 0. The fourth-order valence-electron chi connectivity index (χ4n) is 1.89. The number of hydrogen-bond acceptors (Lipinski definition) is 4. The van der Waals surface area contributed by atoms with Crippen molar-refractivity contribution in [1.29, 1.82) is 0 Å². The van der Waals surface area contributed by atoms with Gasteiger partial charge in [-0.15, -0.1) is 12.4 Å². The highest BCUT2D eigenvalue weighted by Crippen LogP contribution is 2.25. The van der Waals surface area contributed by atoms with Crippen LogP contribution in [0.5, 0.6) is 0 Å². The van der Waals surface area contributed by atoms with Crippen LogP contribution in [0.1, 0.15) is 6.42 Å². The Bertz CT molecular complexity index is 198. The van der Waals surface area contributed by atoms with Gasteiger partial charge in [0.25, 0.3) is 0 Å². The van der Waals surface area contributed by atoms with Crippen molar-refractivity contribution in [2.24, 2.45) is 16.8 Å². The fraction of sp³-hybridized carbons (Fsp3) is 0.875. The average Bonchev–Trinajstić information content (AvgIpc) is 2.65. The van der Waals surface area contributed by atoms with Crippen molar-refractivity contribution in [3.05, 3.63) is 0 Å². The lowest BCUT2D eigenvalue weighted by Gasteiger charge is -2.12. The van der Waals surface area contributed by atoms with E-state index >= 15 is 0 Å². The average molecular weight is 206 g/mol. The second-order valence-electron chi connectivity index (χ2n) is 3.43. The zero-order valence-corrected chi connectivity index (χ0v) is 8.42. The first-order valence-electron chi connectivity index (χ1n) is 4.51. The van der Waals surface area contributed by atoms with Gasteiger partial charge in [0.15, 0.2) is 0 Å². The van der Waals surface area contributed by atoms with Crippen molar-refractivity contribution in [3.63, 3.8) is 0 Å². The molecule has 2 saturated heterocycles. The van der Waals surface area contributed by atoms with Crippen molar-refractivity contribution in [2.75, 3.05) is 32.8 Å². The van der Waals surface area contributed by atoms with Crippen LogP contribution >= 0.6 is 12.4 Å². The monoisotopic (exact) mass is 205 g/mol. The van der Waals surface area contributed by atoms with E-state index < -0.39 is 0 Å². The van der Waals surface area contributed by atoms with Gasteiger partial charge >= 0.3 is 0 Å². The van der Waals surface area contributed by atoms with Gasteiger partial charge < -0.3 is 10.6 Å². The highest BCUT2D eigenvalue weighted by Gasteiger charge is 2.35. The summed E-state index contributed by atoms with van der Waals surface area (Å²) in [6, 6.07) is 0. The number of rotatable bonds is 3. The highest BCUT2D eigenvalue weighted by molar-refractivity contribution is 5.91. The van der Waals surface area contributed by atoms with E-state index in [0.717, 1.165) is 6.54 Å². The number of nitrogens with two attached hydrogens (primary N) is 1. The molecule has 0 amide bonds. The first-order chi connectivity index (χ1) is 5.90. The van der Waals surface area contributed by atoms with Crippen LogP contribution in [-0.4, -0.2) is 43.4 Å². The van der Waals surface area contributed by atoms with Crippen LogP contribution in [0.15, 0.2) is 5.16 Å². The molecule has 2 N–H and O–H groups in total. The lowest BCUT2D eigenvalue weighted by molar-refractivity contribution is 0.150. The summed E-state index contributed by atoms with van der Waals surface area (Å²) in [6.45, 7) is 4.52. The molecule has 2 unspecified atom stereocenters. The summed E-state index contributed by atoms with van der Waals surface area (Å²) in [4.78, 5) is 7.47. The van der Waals surface area contributed by atoms with Crippen LogP contribution in [0.3, 0.4) is 0 Å². The number of oxime groups is 1. The first-order valence-corrected chi connectivity index (χ1v) is 4.51. The topological polar surface area (TPSA) is 50.9 Å². The van der Waals surface area contributed by atoms with Crippen LogP contribution in [-0.2, 0) is 4.84 Å². The van der Waals surface area contributed by atoms with Gasteiger partial charge in [0.1, 0.15) is 6.61 Å². The maximum absolute atomic E-state index is 5.28. The molecule has 0 aliphatic carbocycles. The van der Waals surface area contributed by atoms with Gasteiger partial charge in [0, 0.05) is 25.6 Å². The van der Waals surface area contributed by atoms with Crippen LogP contribution in [0.4, 0.5) is 0 Å². The van der Waals surface area contributed by atoms with Crippen molar-refractivity contribution < 1.29 is 4.84 Å². The number of fused-ring (bicyclic) bond motifs is 2. The van der Waals surface area contributed by atoms with E-state index in [1.54, 1.807) is 0 Å². The summed E-state index contributed by atoms with van der Waals surface area (Å²) in [5.41, 5.74) is 6.50. The molecule has 2 aliphatic rings. The highest BCUT2D eigenvalue weighted by atomic mass is 35.5. The van der Waals surface area contributed by atoms with Gasteiger partial charge in [-0.25, -0.2) is 0 Å². The summed E-state index contributed by atoms with van der Waals surface area (Å²) >= 11 is 0. The van der Waals surface area contributed by atoms with Crippen LogP contribution in [0.25, 0.3) is 0 Å². The third-order valence-corrected chi connectivity index (χ3v) is 2.52. The molecular weight excluding hydrogens is 190 g/mol. The second kappa shape index (κ2) is 4.79. The predicted octanol–water partition coefficient (Wildman–Crippen LogP) is 0.0750. The Morgan fingerprint density at radius 3 is 3.00 bits per heavy atom. The molecule has 5 heteroatoms. The summed E-state index contributed by atoms with van der Waals surface area (Å²) in [6.07, 6.45) is 1.25. The van der Waals surface area contributed by atoms with Gasteiger partial charge in [0.05, 0.1) is 5.71 Å². The molecule has 2 atom stereocenters. The molecule has 2 fully saturated rings. The van der Waals surface area contributed by atoms with Crippen LogP contribution < -0.4 is 5.73 Å². The summed E-state index contributed by atoms with van der Waals surface area (Å²) < 4.78 is 0. The minimum Gasteiger partial charge on any atom is -0.394 e. The largest absolute Gasteiger partial charge is 0.394 e. The molecule has 0 aromatic heterocycles. The fourth-order valence-corrected chi connectivity index (χ4v) is 1.89. The normalized spacial score (nSPS) is 33.5. The van der Waals surface area contributed by atoms with Gasteiger partial charge in [-0.2, -0.15) is 0 Å². The first kappa shape index (κ1) is 10.8. The number of halogens is 1.